The fraction of sp³-hybridized carbons (Fsp3) is 0. The number of nitrogens with zero attached hydrogens (tertiary/aromatic N) is 1. The van der Waals surface area contributed by atoms with E-state index >= 15 is 0 Å². The number of aromatic hydroxyl groups is 1. The van der Waals surface area contributed by atoms with Crippen LogP contribution < -0.4 is 0 Å². The Hall–Kier alpha value is -2.84. The van der Waals surface area contributed by atoms with Crippen LogP contribution >= 0.6 is 11.6 Å². The van der Waals surface area contributed by atoms with Gasteiger partial charge in [-0.3, -0.25) is 4.98 Å². The number of phenolic OH excluding ortho intramolecular Hbond substituents is 1. The molecule has 0 saturated heterocycles. The molecule has 0 bridgehead atoms. The van der Waals surface area contributed by atoms with Gasteiger partial charge in [0.05, 0.1) is 5.52 Å². The smallest absolute Gasteiger partial charge is 0.123 e. The highest BCUT2D eigenvalue weighted by Gasteiger charge is 2.14. The summed E-state index contributed by atoms with van der Waals surface area (Å²) in [6.07, 6.45) is 1.82. The molecule has 1 aromatic heterocycles. The molecular formula is C21H14ClNO. The standard InChI is InChI=1S/C21H14ClNO/c22-15-11-9-14(10-12-15)21-17-6-1-3-7-19(17)23-13-18(21)16-5-2-4-8-20(16)24/h1-13,24H. The summed E-state index contributed by atoms with van der Waals surface area (Å²) in [5, 5.41) is 12.0. The molecule has 0 aliphatic carbocycles. The molecule has 3 aromatic carbocycles. The fourth-order valence-corrected chi connectivity index (χ4v) is 3.10. The second kappa shape index (κ2) is 5.99. The lowest BCUT2D eigenvalue weighted by Gasteiger charge is -2.14. The highest BCUT2D eigenvalue weighted by atomic mass is 35.5. The van der Waals surface area contributed by atoms with Crippen molar-refractivity contribution in [2.75, 3.05) is 0 Å². The van der Waals surface area contributed by atoms with Gasteiger partial charge in [-0.1, -0.05) is 60.1 Å². The molecule has 0 atom stereocenters. The molecule has 0 fully saturated rings. The molecule has 116 valence electrons. The number of aromatic nitrogens is 1. The molecule has 24 heavy (non-hydrogen) atoms. The van der Waals surface area contributed by atoms with Crippen molar-refractivity contribution in [2.24, 2.45) is 0 Å². The molecule has 0 aliphatic rings. The predicted molar refractivity (Wildman–Crippen MR) is 99.3 cm³/mol. The lowest BCUT2D eigenvalue weighted by atomic mass is 9.92. The number of benzene rings is 3. The van der Waals surface area contributed by atoms with E-state index in [2.05, 4.69) is 11.1 Å². The maximum absolute atomic E-state index is 10.3. The van der Waals surface area contributed by atoms with E-state index in [9.17, 15) is 5.11 Å². The molecule has 0 unspecified atom stereocenters. The number of fused-ring (bicyclic) bond motifs is 1. The highest BCUT2D eigenvalue weighted by molar-refractivity contribution is 6.30. The minimum Gasteiger partial charge on any atom is -0.507 e. The van der Waals surface area contributed by atoms with Gasteiger partial charge in [-0.05, 0) is 29.8 Å². The Morgan fingerprint density at radius 3 is 2.25 bits per heavy atom. The first-order valence-corrected chi connectivity index (χ1v) is 8.04. The third-order valence-electron chi connectivity index (χ3n) is 4.10. The predicted octanol–water partition coefficient (Wildman–Crippen LogP) is 5.93. The first-order valence-electron chi connectivity index (χ1n) is 7.66. The maximum atomic E-state index is 10.3. The van der Waals surface area contributed by atoms with E-state index in [0.717, 1.165) is 33.2 Å². The molecule has 1 heterocycles. The summed E-state index contributed by atoms with van der Waals surface area (Å²) in [6.45, 7) is 0. The zero-order chi connectivity index (χ0) is 16.5. The van der Waals surface area contributed by atoms with Crippen molar-refractivity contribution in [3.8, 4) is 28.0 Å². The first-order chi connectivity index (χ1) is 11.7. The largest absolute Gasteiger partial charge is 0.507 e. The summed E-state index contributed by atoms with van der Waals surface area (Å²) in [5.74, 6) is 0.241. The van der Waals surface area contributed by atoms with Crippen LogP contribution in [0, 0.1) is 0 Å². The van der Waals surface area contributed by atoms with E-state index in [1.807, 2.05) is 66.9 Å². The van der Waals surface area contributed by atoms with Crippen molar-refractivity contribution in [3.63, 3.8) is 0 Å². The molecule has 0 aliphatic heterocycles. The number of rotatable bonds is 2. The van der Waals surface area contributed by atoms with E-state index < -0.39 is 0 Å². The average Bonchev–Trinajstić information content (AvgIpc) is 2.62. The average molecular weight is 332 g/mol. The summed E-state index contributed by atoms with van der Waals surface area (Å²) >= 11 is 6.05. The maximum Gasteiger partial charge on any atom is 0.123 e. The van der Waals surface area contributed by atoms with Gasteiger partial charge in [0.25, 0.3) is 0 Å². The van der Waals surface area contributed by atoms with Gasteiger partial charge in [0.15, 0.2) is 0 Å². The number of para-hydroxylation sites is 2. The van der Waals surface area contributed by atoms with Crippen LogP contribution in [0.15, 0.2) is 79.0 Å². The molecule has 3 heteroatoms. The Labute approximate surface area is 145 Å². The van der Waals surface area contributed by atoms with Gasteiger partial charge < -0.3 is 5.11 Å². The molecule has 4 aromatic rings. The molecule has 4 rings (SSSR count). The summed E-state index contributed by atoms with van der Waals surface area (Å²) in [4.78, 5) is 4.57. The SMILES string of the molecule is Oc1ccccc1-c1cnc2ccccc2c1-c1ccc(Cl)cc1. The van der Waals surface area contributed by atoms with E-state index in [-0.39, 0.29) is 5.75 Å². The van der Waals surface area contributed by atoms with Gasteiger partial charge in [0.1, 0.15) is 5.75 Å². The van der Waals surface area contributed by atoms with Crippen LogP contribution in [-0.2, 0) is 0 Å². The van der Waals surface area contributed by atoms with Crippen LogP contribution in [0.5, 0.6) is 5.75 Å². The number of hydrogen-bond acceptors (Lipinski definition) is 2. The summed E-state index contributed by atoms with van der Waals surface area (Å²) in [5.41, 5.74) is 4.66. The molecule has 0 spiro atoms. The quantitative estimate of drug-likeness (QED) is 0.494. The van der Waals surface area contributed by atoms with Crippen molar-refractivity contribution in [1.82, 2.24) is 4.98 Å². The number of pyridine rings is 1. The molecule has 0 radical (unpaired) electrons. The van der Waals surface area contributed by atoms with Crippen molar-refractivity contribution in [1.29, 1.82) is 0 Å². The summed E-state index contributed by atoms with van der Waals surface area (Å²) in [7, 11) is 0. The number of hydrogen-bond donors (Lipinski definition) is 1. The van der Waals surface area contributed by atoms with Gasteiger partial charge in [-0.2, -0.15) is 0 Å². The van der Waals surface area contributed by atoms with Crippen molar-refractivity contribution < 1.29 is 5.11 Å². The monoisotopic (exact) mass is 331 g/mol. The second-order valence-electron chi connectivity index (χ2n) is 5.59. The van der Waals surface area contributed by atoms with Crippen LogP contribution in [0.3, 0.4) is 0 Å². The Kier molecular flexibility index (Phi) is 3.68. The second-order valence-corrected chi connectivity index (χ2v) is 6.02. The van der Waals surface area contributed by atoms with Gasteiger partial charge in [0, 0.05) is 33.3 Å². The van der Waals surface area contributed by atoms with E-state index in [1.165, 1.54) is 0 Å². The third-order valence-corrected chi connectivity index (χ3v) is 4.35. The Balaban J connectivity index is 2.09. The minimum absolute atomic E-state index is 0.241. The topological polar surface area (TPSA) is 33.1 Å². The van der Waals surface area contributed by atoms with Crippen molar-refractivity contribution in [2.45, 2.75) is 0 Å². The lowest BCUT2D eigenvalue weighted by Crippen LogP contribution is -1.91. The van der Waals surface area contributed by atoms with E-state index in [1.54, 1.807) is 6.07 Å². The number of halogens is 1. The Morgan fingerprint density at radius 2 is 1.46 bits per heavy atom. The van der Waals surface area contributed by atoms with E-state index in [4.69, 9.17) is 11.6 Å². The van der Waals surface area contributed by atoms with Gasteiger partial charge in [-0.15, -0.1) is 0 Å². The summed E-state index contributed by atoms with van der Waals surface area (Å²) in [6, 6.07) is 23.1. The van der Waals surface area contributed by atoms with Crippen molar-refractivity contribution >= 4 is 22.5 Å². The van der Waals surface area contributed by atoms with Gasteiger partial charge >= 0.3 is 0 Å². The third kappa shape index (κ3) is 2.51. The van der Waals surface area contributed by atoms with Crippen LogP contribution in [0.4, 0.5) is 0 Å². The van der Waals surface area contributed by atoms with Gasteiger partial charge in [-0.25, -0.2) is 0 Å². The molecule has 2 nitrogen and oxygen atoms in total. The first kappa shape index (κ1) is 14.7. The van der Waals surface area contributed by atoms with Crippen LogP contribution in [0.25, 0.3) is 33.2 Å². The minimum atomic E-state index is 0.241. The van der Waals surface area contributed by atoms with Gasteiger partial charge in [0.2, 0.25) is 0 Å². The van der Waals surface area contributed by atoms with Crippen LogP contribution in [0.2, 0.25) is 5.02 Å². The molecule has 0 amide bonds. The lowest BCUT2D eigenvalue weighted by molar-refractivity contribution is 0.477. The molecular weight excluding hydrogens is 318 g/mol. The fourth-order valence-electron chi connectivity index (χ4n) is 2.97. The van der Waals surface area contributed by atoms with Crippen molar-refractivity contribution in [3.05, 3.63) is 84.0 Å². The summed E-state index contributed by atoms with van der Waals surface area (Å²) < 4.78 is 0. The highest BCUT2D eigenvalue weighted by Crippen LogP contribution is 2.40. The normalized spacial score (nSPS) is 10.9. The Morgan fingerprint density at radius 1 is 0.750 bits per heavy atom. The van der Waals surface area contributed by atoms with Crippen LogP contribution in [-0.4, -0.2) is 10.1 Å². The Bertz CT molecular complexity index is 1030. The van der Waals surface area contributed by atoms with Crippen LogP contribution in [0.1, 0.15) is 0 Å². The molecule has 1 N–H and O–H groups in total. The zero-order valence-corrected chi connectivity index (χ0v) is 13.5. The molecule has 0 saturated carbocycles. The van der Waals surface area contributed by atoms with E-state index in [0.29, 0.717) is 5.02 Å². The zero-order valence-electron chi connectivity index (χ0n) is 12.8. The number of phenols is 1.